The van der Waals surface area contributed by atoms with Crippen molar-refractivity contribution in [1.29, 1.82) is 0 Å². The van der Waals surface area contributed by atoms with Crippen LogP contribution >= 0.6 is 11.6 Å². The fourth-order valence-electron chi connectivity index (χ4n) is 2.95. The van der Waals surface area contributed by atoms with Crippen molar-refractivity contribution in [3.63, 3.8) is 0 Å². The number of nitrogens with zero attached hydrogens (tertiary/aromatic N) is 1. The maximum Gasteiger partial charge on any atom is 0.117 e. The third kappa shape index (κ3) is 4.65. The highest BCUT2D eigenvalue weighted by molar-refractivity contribution is 6.31. The Morgan fingerprint density at radius 2 is 2.30 bits per heavy atom. The van der Waals surface area contributed by atoms with Crippen molar-refractivity contribution in [3.05, 3.63) is 28.8 Å². The van der Waals surface area contributed by atoms with Crippen molar-refractivity contribution in [1.82, 2.24) is 4.90 Å². The van der Waals surface area contributed by atoms with Crippen LogP contribution in [0.1, 0.15) is 31.2 Å². The monoisotopic (exact) mass is 297 g/mol. The summed E-state index contributed by atoms with van der Waals surface area (Å²) < 4.78 is 5.13. The first kappa shape index (κ1) is 15.6. The number of phenols is 1. The minimum atomic E-state index is 0.231. The third-order valence-corrected chi connectivity index (χ3v) is 4.35. The number of aromatic hydroxyl groups is 1. The third-order valence-electron chi connectivity index (χ3n) is 3.99. The Labute approximate surface area is 126 Å². The lowest BCUT2D eigenvalue weighted by Crippen LogP contribution is -2.35. The molecule has 0 aliphatic carbocycles. The first-order valence-electron chi connectivity index (χ1n) is 7.37. The van der Waals surface area contributed by atoms with E-state index in [0.717, 1.165) is 44.1 Å². The van der Waals surface area contributed by atoms with E-state index < -0.39 is 0 Å². The highest BCUT2D eigenvalue weighted by Gasteiger charge is 2.20. The van der Waals surface area contributed by atoms with Crippen molar-refractivity contribution in [2.45, 2.75) is 32.2 Å². The molecule has 1 heterocycles. The number of methoxy groups -OCH3 is 1. The maximum absolute atomic E-state index is 9.40. The lowest BCUT2D eigenvalue weighted by Gasteiger charge is -2.33. The molecule has 112 valence electrons. The van der Waals surface area contributed by atoms with Crippen LogP contribution in [-0.2, 0) is 11.3 Å². The molecule has 20 heavy (non-hydrogen) atoms. The van der Waals surface area contributed by atoms with E-state index in [1.807, 2.05) is 6.07 Å². The van der Waals surface area contributed by atoms with Gasteiger partial charge in [-0.1, -0.05) is 17.7 Å². The molecule has 4 heteroatoms. The summed E-state index contributed by atoms with van der Waals surface area (Å²) in [5, 5.41) is 10.1. The summed E-state index contributed by atoms with van der Waals surface area (Å²) >= 11 is 6.18. The molecule has 1 aliphatic heterocycles. The van der Waals surface area contributed by atoms with Gasteiger partial charge in [-0.2, -0.15) is 0 Å². The van der Waals surface area contributed by atoms with E-state index in [9.17, 15) is 5.11 Å². The standard InChI is InChI=1S/C16H24ClNO2/c1-20-9-3-5-13-4-2-8-18(11-13)12-14-6-7-15(19)10-16(14)17/h6-7,10,13,19H,2-5,8-9,11-12H2,1H3/t13-/m0/s1. The van der Waals surface area contributed by atoms with Crippen molar-refractivity contribution in [3.8, 4) is 5.75 Å². The zero-order chi connectivity index (χ0) is 14.4. The van der Waals surface area contributed by atoms with Crippen LogP contribution in [0, 0.1) is 5.92 Å². The van der Waals surface area contributed by atoms with Gasteiger partial charge >= 0.3 is 0 Å². The number of benzene rings is 1. The first-order valence-corrected chi connectivity index (χ1v) is 7.75. The predicted octanol–water partition coefficient (Wildman–Crippen LogP) is 3.68. The number of halogens is 1. The largest absolute Gasteiger partial charge is 0.508 e. The van der Waals surface area contributed by atoms with Crippen molar-refractivity contribution in [2.75, 3.05) is 26.8 Å². The number of likely N-dealkylation sites (tertiary alicyclic amines) is 1. The first-order chi connectivity index (χ1) is 9.69. The number of rotatable bonds is 6. The van der Waals surface area contributed by atoms with Gasteiger partial charge in [0.2, 0.25) is 0 Å². The maximum atomic E-state index is 9.40. The topological polar surface area (TPSA) is 32.7 Å². The molecule has 0 aromatic heterocycles. The van der Waals surface area contributed by atoms with Crippen LogP contribution in [0.15, 0.2) is 18.2 Å². The van der Waals surface area contributed by atoms with Gasteiger partial charge in [-0.05, 0) is 55.8 Å². The van der Waals surface area contributed by atoms with Gasteiger partial charge in [-0.25, -0.2) is 0 Å². The smallest absolute Gasteiger partial charge is 0.117 e. The molecule has 1 aliphatic rings. The summed E-state index contributed by atoms with van der Waals surface area (Å²) in [4.78, 5) is 2.47. The zero-order valence-electron chi connectivity index (χ0n) is 12.1. The molecule has 1 atom stereocenters. The summed E-state index contributed by atoms with van der Waals surface area (Å²) in [6.45, 7) is 4.01. The second-order valence-corrected chi connectivity index (χ2v) is 6.06. The Morgan fingerprint density at radius 3 is 3.05 bits per heavy atom. The van der Waals surface area contributed by atoms with Gasteiger partial charge in [-0.3, -0.25) is 4.90 Å². The van der Waals surface area contributed by atoms with E-state index in [4.69, 9.17) is 16.3 Å². The molecular formula is C16H24ClNO2. The molecule has 1 aromatic carbocycles. The summed E-state index contributed by atoms with van der Waals surface area (Å²) in [6.07, 6.45) is 4.97. The van der Waals surface area contributed by atoms with Gasteiger partial charge in [0.1, 0.15) is 5.75 Å². The molecule has 1 N–H and O–H groups in total. The van der Waals surface area contributed by atoms with E-state index in [-0.39, 0.29) is 5.75 Å². The Balaban J connectivity index is 1.86. The van der Waals surface area contributed by atoms with Gasteiger partial charge in [0, 0.05) is 31.8 Å². The fourth-order valence-corrected chi connectivity index (χ4v) is 3.19. The molecule has 1 fully saturated rings. The molecule has 0 spiro atoms. The molecule has 0 amide bonds. The second-order valence-electron chi connectivity index (χ2n) is 5.65. The van der Waals surface area contributed by atoms with Gasteiger partial charge < -0.3 is 9.84 Å². The summed E-state index contributed by atoms with van der Waals surface area (Å²) in [5.41, 5.74) is 1.10. The zero-order valence-corrected chi connectivity index (χ0v) is 12.9. The quantitative estimate of drug-likeness (QED) is 0.813. The van der Waals surface area contributed by atoms with Crippen molar-refractivity contribution in [2.24, 2.45) is 5.92 Å². The van der Waals surface area contributed by atoms with E-state index >= 15 is 0 Å². The van der Waals surface area contributed by atoms with Gasteiger partial charge in [0.25, 0.3) is 0 Å². The molecule has 0 radical (unpaired) electrons. The lowest BCUT2D eigenvalue weighted by atomic mass is 9.93. The Bertz CT molecular complexity index is 425. The highest BCUT2D eigenvalue weighted by atomic mass is 35.5. The van der Waals surface area contributed by atoms with Crippen LogP contribution in [0.4, 0.5) is 0 Å². The van der Waals surface area contributed by atoms with E-state index in [1.165, 1.54) is 19.3 Å². The van der Waals surface area contributed by atoms with E-state index in [1.54, 1.807) is 19.2 Å². The number of hydrogen-bond donors (Lipinski definition) is 1. The Morgan fingerprint density at radius 1 is 1.45 bits per heavy atom. The van der Waals surface area contributed by atoms with Crippen LogP contribution in [0.5, 0.6) is 5.75 Å². The van der Waals surface area contributed by atoms with Crippen molar-refractivity contribution >= 4 is 11.6 Å². The molecular weight excluding hydrogens is 274 g/mol. The summed E-state index contributed by atoms with van der Waals surface area (Å²) in [5.74, 6) is 1.00. The second kappa shape index (κ2) is 7.87. The number of hydrogen-bond acceptors (Lipinski definition) is 3. The molecule has 0 unspecified atom stereocenters. The fraction of sp³-hybridized carbons (Fsp3) is 0.625. The number of ether oxygens (including phenoxy) is 1. The molecule has 1 aromatic rings. The summed E-state index contributed by atoms with van der Waals surface area (Å²) in [7, 11) is 1.76. The molecule has 3 nitrogen and oxygen atoms in total. The SMILES string of the molecule is COCCC[C@@H]1CCCN(Cc2ccc(O)cc2Cl)C1. The average Bonchev–Trinajstić information content (AvgIpc) is 2.43. The van der Waals surface area contributed by atoms with E-state index in [2.05, 4.69) is 4.90 Å². The van der Waals surface area contributed by atoms with Gasteiger partial charge in [0.15, 0.2) is 0 Å². The minimum absolute atomic E-state index is 0.231. The predicted molar refractivity (Wildman–Crippen MR) is 82.2 cm³/mol. The molecule has 0 bridgehead atoms. The molecule has 0 saturated carbocycles. The van der Waals surface area contributed by atoms with Crippen LogP contribution in [0.3, 0.4) is 0 Å². The van der Waals surface area contributed by atoms with Crippen LogP contribution < -0.4 is 0 Å². The molecule has 1 saturated heterocycles. The number of phenolic OH excluding ortho intramolecular Hbond substituents is 1. The molecule has 2 rings (SSSR count). The summed E-state index contributed by atoms with van der Waals surface area (Å²) in [6, 6.07) is 5.25. The normalized spacial score (nSPS) is 20.2. The van der Waals surface area contributed by atoms with Crippen LogP contribution in [0.25, 0.3) is 0 Å². The Kier molecular flexibility index (Phi) is 6.14. The van der Waals surface area contributed by atoms with Gasteiger partial charge in [0.05, 0.1) is 0 Å². The van der Waals surface area contributed by atoms with Crippen molar-refractivity contribution < 1.29 is 9.84 Å². The lowest BCUT2D eigenvalue weighted by molar-refractivity contribution is 0.142. The minimum Gasteiger partial charge on any atom is -0.508 e. The number of piperidine rings is 1. The van der Waals surface area contributed by atoms with Crippen LogP contribution in [-0.4, -0.2) is 36.8 Å². The Hall–Kier alpha value is -0.770. The average molecular weight is 298 g/mol. The van der Waals surface area contributed by atoms with Gasteiger partial charge in [-0.15, -0.1) is 0 Å². The van der Waals surface area contributed by atoms with Crippen LogP contribution in [0.2, 0.25) is 5.02 Å². The van der Waals surface area contributed by atoms with E-state index in [0.29, 0.717) is 5.02 Å². The highest BCUT2D eigenvalue weighted by Crippen LogP contribution is 2.26.